The number of halogens is 12. The lowest BCUT2D eigenvalue weighted by Crippen LogP contribution is -2.58. The number of aryl methyl sites for hydroxylation is 1. The molecule has 0 atom stereocenters. The first-order valence-corrected chi connectivity index (χ1v) is 15.1. The van der Waals surface area contributed by atoms with Gasteiger partial charge in [-0.25, -0.2) is 9.98 Å². The molecule has 2 heterocycles. The van der Waals surface area contributed by atoms with E-state index in [1.54, 1.807) is 12.1 Å². The van der Waals surface area contributed by atoms with E-state index in [4.69, 9.17) is 4.74 Å². The summed E-state index contributed by atoms with van der Waals surface area (Å²) < 4.78 is 184. The largest absolute Gasteiger partial charge is 0.451 e. The van der Waals surface area contributed by atoms with Crippen molar-refractivity contribution in [1.29, 1.82) is 0 Å². The van der Waals surface area contributed by atoms with Gasteiger partial charge >= 0.3 is 35.9 Å². The zero-order chi connectivity index (χ0) is 37.8. The molecule has 270 valence electrons. The van der Waals surface area contributed by atoms with E-state index in [-0.39, 0.29) is 27.1 Å². The molecule has 0 bridgehead atoms. The van der Waals surface area contributed by atoms with Gasteiger partial charge in [0.2, 0.25) is 5.90 Å². The molecular formula is C36H20F12N2O2. The van der Waals surface area contributed by atoms with Crippen molar-refractivity contribution in [3.8, 4) is 11.1 Å². The van der Waals surface area contributed by atoms with Crippen molar-refractivity contribution < 1.29 is 62.2 Å². The lowest BCUT2D eigenvalue weighted by atomic mass is 9.84. The van der Waals surface area contributed by atoms with Gasteiger partial charge < -0.3 is 9.47 Å². The molecule has 2 aliphatic rings. The first-order chi connectivity index (χ1) is 24.1. The fraction of sp³-hybridized carbons (Fsp3) is 0.222. The summed E-state index contributed by atoms with van der Waals surface area (Å²) in [4.78, 5) is 7.94. The molecule has 5 aromatic carbocycles. The monoisotopic (exact) mass is 740 g/mol. The van der Waals surface area contributed by atoms with E-state index in [0.29, 0.717) is 23.3 Å². The zero-order valence-electron chi connectivity index (χ0n) is 26.3. The van der Waals surface area contributed by atoms with Crippen LogP contribution in [-0.4, -0.2) is 36.5 Å². The van der Waals surface area contributed by atoms with Gasteiger partial charge in [-0.05, 0) is 53.1 Å². The second-order valence-corrected chi connectivity index (χ2v) is 12.3. The summed E-state index contributed by atoms with van der Waals surface area (Å²) >= 11 is 0. The summed E-state index contributed by atoms with van der Waals surface area (Å²) in [6.45, 7) is 2.63. The third-order valence-corrected chi connectivity index (χ3v) is 9.01. The van der Waals surface area contributed by atoms with Crippen LogP contribution in [0.25, 0.3) is 32.7 Å². The number of rotatable bonds is 2. The lowest BCUT2D eigenvalue weighted by Gasteiger charge is -2.41. The van der Waals surface area contributed by atoms with E-state index in [9.17, 15) is 52.7 Å². The number of benzene rings is 5. The molecule has 2 aliphatic heterocycles. The van der Waals surface area contributed by atoms with Crippen LogP contribution in [0.4, 0.5) is 64.1 Å². The normalized spacial score (nSPS) is 17.1. The molecule has 0 saturated heterocycles. The maximum absolute atomic E-state index is 14.8. The van der Waals surface area contributed by atoms with Crippen LogP contribution in [0.2, 0.25) is 0 Å². The third-order valence-electron chi connectivity index (χ3n) is 9.01. The molecule has 0 fully saturated rings. The summed E-state index contributed by atoms with van der Waals surface area (Å²) in [6.07, 6.45) is -24.2. The fourth-order valence-electron chi connectivity index (χ4n) is 6.54. The van der Waals surface area contributed by atoms with Crippen LogP contribution in [0.3, 0.4) is 0 Å². The van der Waals surface area contributed by atoms with Gasteiger partial charge in [-0.2, -0.15) is 52.7 Å². The summed E-state index contributed by atoms with van der Waals surface area (Å²) in [5, 5.41) is -0.967. The molecule has 52 heavy (non-hydrogen) atoms. The maximum atomic E-state index is 14.8. The van der Waals surface area contributed by atoms with Crippen molar-refractivity contribution >= 4 is 44.7 Å². The van der Waals surface area contributed by atoms with E-state index in [2.05, 4.69) is 14.7 Å². The molecule has 0 aromatic heterocycles. The second kappa shape index (κ2) is 11.1. The van der Waals surface area contributed by atoms with Gasteiger partial charge in [0, 0.05) is 34.4 Å². The van der Waals surface area contributed by atoms with Gasteiger partial charge in [-0.1, -0.05) is 66.2 Å². The number of alkyl halides is 12. The van der Waals surface area contributed by atoms with E-state index in [1.807, 2.05) is 19.1 Å². The maximum Gasteiger partial charge on any atom is 0.442 e. The standard InChI is InChI=1S/C36H20F12N2O2/c1-17-3-5-19(6-4-17)20-7-9-21(10-8-20)30-50-29-25-16-22-11-13-26-28(49-18(2)51-31(26,33(37,38)39)34(40,41)42)24(22)15-23(25)12-14-27(29)32(52-30,35(43,44)45)36(46,47)48/h3-16H,1-2H3. The highest BCUT2D eigenvalue weighted by molar-refractivity contribution is 6.11. The van der Waals surface area contributed by atoms with Crippen LogP contribution in [-0.2, 0) is 20.7 Å². The highest BCUT2D eigenvalue weighted by Gasteiger charge is 2.77. The summed E-state index contributed by atoms with van der Waals surface area (Å²) in [5.74, 6) is -2.02. The molecule has 0 spiro atoms. The van der Waals surface area contributed by atoms with Crippen LogP contribution < -0.4 is 0 Å². The molecule has 4 nitrogen and oxygen atoms in total. The van der Waals surface area contributed by atoms with Crippen molar-refractivity contribution in [3.63, 3.8) is 0 Å². The number of aliphatic imine (C=N–C) groups is 2. The van der Waals surface area contributed by atoms with Crippen LogP contribution in [0, 0.1) is 6.92 Å². The first kappa shape index (κ1) is 35.1. The van der Waals surface area contributed by atoms with Crippen LogP contribution in [0.5, 0.6) is 0 Å². The van der Waals surface area contributed by atoms with Crippen LogP contribution >= 0.6 is 0 Å². The van der Waals surface area contributed by atoms with Gasteiger partial charge in [0.25, 0.3) is 0 Å². The minimum Gasteiger partial charge on any atom is -0.451 e. The SMILES string of the molecule is CC1=Nc2c(ccc3cc4c5c(ccc4cc23)C(C(F)(F)F)(C(F)(F)F)OC(c2ccc(-c3ccc(C)cc3)cc2)=N5)C(C(F)(F)F)(C(F)(F)F)O1. The Morgan fingerprint density at radius 1 is 0.462 bits per heavy atom. The Bertz CT molecular complexity index is 2290. The Balaban J connectivity index is 1.49. The molecule has 0 amide bonds. The van der Waals surface area contributed by atoms with Crippen LogP contribution in [0.15, 0.2) is 94.9 Å². The molecule has 0 N–H and O–H groups in total. The number of hydrogen-bond donors (Lipinski definition) is 0. The highest BCUT2D eigenvalue weighted by Crippen LogP contribution is 2.60. The topological polar surface area (TPSA) is 43.2 Å². The molecule has 0 saturated carbocycles. The molecule has 0 unspecified atom stereocenters. The predicted octanol–water partition coefficient (Wildman–Crippen LogP) is 11.8. The highest BCUT2D eigenvalue weighted by atomic mass is 19.4. The summed E-state index contributed by atoms with van der Waals surface area (Å²) in [7, 11) is 0. The Labute approximate surface area is 285 Å². The number of ether oxygens (including phenoxy) is 2. The smallest absolute Gasteiger partial charge is 0.442 e. The molecular weight excluding hydrogens is 720 g/mol. The zero-order valence-corrected chi connectivity index (χ0v) is 26.3. The quantitative estimate of drug-likeness (QED) is 0.134. The van der Waals surface area contributed by atoms with E-state index < -0.39 is 70.2 Å². The minimum atomic E-state index is -6.10. The third kappa shape index (κ3) is 5.00. The van der Waals surface area contributed by atoms with Crippen LogP contribution in [0.1, 0.15) is 29.2 Å². The van der Waals surface area contributed by atoms with Gasteiger partial charge in [0.05, 0.1) is 11.4 Å². The Kier molecular flexibility index (Phi) is 7.51. The molecule has 0 radical (unpaired) electrons. The summed E-state index contributed by atoms with van der Waals surface area (Å²) in [5.41, 5.74) is -12.2. The number of hydrogen-bond acceptors (Lipinski definition) is 4. The Hall–Kier alpha value is -5.28. The van der Waals surface area contributed by atoms with E-state index in [1.165, 1.54) is 24.3 Å². The average molecular weight is 741 g/mol. The molecule has 0 aliphatic carbocycles. The van der Waals surface area contributed by atoms with E-state index >= 15 is 0 Å². The lowest BCUT2D eigenvalue weighted by molar-refractivity contribution is -0.371. The van der Waals surface area contributed by atoms with Crippen molar-refractivity contribution in [2.75, 3.05) is 0 Å². The predicted molar refractivity (Wildman–Crippen MR) is 167 cm³/mol. The minimum absolute atomic E-state index is 0.161. The number of fused-ring (bicyclic) bond motifs is 6. The fourth-order valence-corrected chi connectivity index (χ4v) is 6.54. The summed E-state index contributed by atoms with van der Waals surface area (Å²) in [6, 6.07) is 17.1. The molecule has 16 heteroatoms. The van der Waals surface area contributed by atoms with Gasteiger partial charge in [-0.3, -0.25) is 0 Å². The first-order valence-electron chi connectivity index (χ1n) is 15.1. The average Bonchev–Trinajstić information content (AvgIpc) is 3.04. The van der Waals surface area contributed by atoms with Gasteiger partial charge in [0.1, 0.15) is 0 Å². The Morgan fingerprint density at radius 3 is 1.29 bits per heavy atom. The second-order valence-electron chi connectivity index (χ2n) is 12.3. The van der Waals surface area contributed by atoms with Crippen molar-refractivity contribution in [3.05, 3.63) is 107 Å². The van der Waals surface area contributed by atoms with Gasteiger partial charge in [-0.15, -0.1) is 0 Å². The Morgan fingerprint density at radius 2 is 0.846 bits per heavy atom. The van der Waals surface area contributed by atoms with E-state index in [0.717, 1.165) is 36.8 Å². The van der Waals surface area contributed by atoms with Crippen molar-refractivity contribution in [2.24, 2.45) is 9.98 Å². The number of nitrogens with zero attached hydrogens (tertiary/aromatic N) is 2. The molecule has 7 rings (SSSR count). The van der Waals surface area contributed by atoms with Crippen molar-refractivity contribution in [2.45, 2.75) is 49.8 Å². The molecule has 5 aromatic rings. The van der Waals surface area contributed by atoms with Gasteiger partial charge in [0.15, 0.2) is 5.90 Å². The van der Waals surface area contributed by atoms with Crippen molar-refractivity contribution in [1.82, 2.24) is 0 Å².